The summed E-state index contributed by atoms with van der Waals surface area (Å²) in [5.41, 5.74) is -1.92. The number of aliphatic hydroxyl groups excluding tert-OH is 1. The average Bonchev–Trinajstić information content (AvgIpc) is 3.12. The minimum absolute atomic E-state index is 0.176. The zero-order valence-electron chi connectivity index (χ0n) is 22.3. The Bertz CT molecular complexity index is 1160. The van der Waals surface area contributed by atoms with Crippen molar-refractivity contribution in [3.05, 3.63) is 60.2 Å². The van der Waals surface area contributed by atoms with Crippen molar-refractivity contribution in [1.82, 2.24) is 14.7 Å². The third-order valence-electron chi connectivity index (χ3n) is 8.42. The van der Waals surface area contributed by atoms with Gasteiger partial charge in [0.25, 0.3) is 0 Å². The maximum atomic E-state index is 14.4. The van der Waals surface area contributed by atoms with Gasteiger partial charge in [0.2, 0.25) is 17.7 Å². The largest absolute Gasteiger partial charge is 0.394 e. The summed E-state index contributed by atoms with van der Waals surface area (Å²) in [6, 6.07) is 7.97. The molecule has 8 heteroatoms. The van der Waals surface area contributed by atoms with E-state index in [0.29, 0.717) is 19.5 Å². The van der Waals surface area contributed by atoms with Crippen LogP contribution in [0.1, 0.15) is 33.3 Å². The van der Waals surface area contributed by atoms with Gasteiger partial charge >= 0.3 is 0 Å². The summed E-state index contributed by atoms with van der Waals surface area (Å²) < 4.78 is 6.81. The number of amides is 3. The number of carbonyl (C=O) groups excluding carboxylic acids is 3. The molecule has 6 atom stereocenters. The van der Waals surface area contributed by atoms with Crippen molar-refractivity contribution in [2.75, 3.05) is 26.7 Å². The maximum Gasteiger partial charge on any atom is 0.249 e. The summed E-state index contributed by atoms with van der Waals surface area (Å²) in [6.07, 6.45) is 7.89. The van der Waals surface area contributed by atoms with E-state index in [1.807, 2.05) is 82.3 Å². The summed E-state index contributed by atoms with van der Waals surface area (Å²) in [6.45, 7) is 8.20. The molecule has 0 saturated carbocycles. The predicted octanol–water partition coefficient (Wildman–Crippen LogP) is 1.79. The van der Waals surface area contributed by atoms with Gasteiger partial charge in [0, 0.05) is 25.7 Å². The lowest BCUT2D eigenvalue weighted by Crippen LogP contribution is -2.61. The minimum atomic E-state index is -1.32. The molecule has 4 heterocycles. The Morgan fingerprint density at radius 1 is 1.00 bits per heavy atom. The van der Waals surface area contributed by atoms with Crippen LogP contribution < -0.4 is 0 Å². The Labute approximate surface area is 218 Å². The van der Waals surface area contributed by atoms with Crippen molar-refractivity contribution in [3.8, 4) is 0 Å². The molecular weight excluding hydrogens is 470 g/mol. The first-order valence-electron chi connectivity index (χ1n) is 13.0. The average molecular weight is 508 g/mol. The van der Waals surface area contributed by atoms with Gasteiger partial charge in [0.05, 0.1) is 30.1 Å². The van der Waals surface area contributed by atoms with E-state index >= 15 is 0 Å². The van der Waals surface area contributed by atoms with Crippen molar-refractivity contribution in [3.63, 3.8) is 0 Å². The molecule has 198 valence electrons. The van der Waals surface area contributed by atoms with E-state index in [0.717, 1.165) is 5.56 Å². The van der Waals surface area contributed by atoms with Crippen LogP contribution in [0, 0.1) is 11.8 Å². The zero-order valence-corrected chi connectivity index (χ0v) is 22.3. The summed E-state index contributed by atoms with van der Waals surface area (Å²) in [5.74, 6) is -2.40. The van der Waals surface area contributed by atoms with Crippen molar-refractivity contribution < 1.29 is 24.2 Å². The van der Waals surface area contributed by atoms with E-state index in [4.69, 9.17) is 4.74 Å². The lowest BCUT2D eigenvalue weighted by Gasteiger charge is -2.43. The Morgan fingerprint density at radius 2 is 1.68 bits per heavy atom. The van der Waals surface area contributed by atoms with E-state index in [2.05, 4.69) is 0 Å². The third-order valence-corrected chi connectivity index (χ3v) is 8.42. The molecule has 37 heavy (non-hydrogen) atoms. The first-order valence-corrected chi connectivity index (χ1v) is 13.0. The van der Waals surface area contributed by atoms with Crippen LogP contribution in [0.2, 0.25) is 0 Å². The molecule has 5 rings (SSSR count). The number of benzene rings is 1. The molecule has 1 N–H and O–H groups in total. The molecule has 4 aliphatic rings. The molecule has 1 aromatic carbocycles. The second-order valence-electron chi connectivity index (χ2n) is 11.9. The highest BCUT2D eigenvalue weighted by Gasteiger charge is 2.75. The molecule has 8 nitrogen and oxygen atoms in total. The highest BCUT2D eigenvalue weighted by molar-refractivity contribution is 6.00. The van der Waals surface area contributed by atoms with Crippen LogP contribution in [0.25, 0.3) is 0 Å². The number of likely N-dealkylation sites (N-methyl/N-ethyl adjacent to an activating group) is 1. The molecule has 0 aromatic heterocycles. The Kier molecular flexibility index (Phi) is 6.11. The van der Waals surface area contributed by atoms with Crippen LogP contribution in [0.3, 0.4) is 0 Å². The van der Waals surface area contributed by atoms with Crippen LogP contribution in [-0.4, -0.2) is 93.1 Å². The lowest BCUT2D eigenvalue weighted by atomic mass is 9.74. The number of hydrogen-bond acceptors (Lipinski definition) is 5. The predicted molar refractivity (Wildman–Crippen MR) is 138 cm³/mol. The smallest absolute Gasteiger partial charge is 0.249 e. The lowest BCUT2D eigenvalue weighted by molar-refractivity contribution is -0.158. The Morgan fingerprint density at radius 3 is 2.32 bits per heavy atom. The summed E-state index contributed by atoms with van der Waals surface area (Å²) >= 11 is 0. The van der Waals surface area contributed by atoms with E-state index in [9.17, 15) is 19.5 Å². The molecule has 0 bridgehead atoms. The number of carbonyl (C=O) groups is 3. The molecule has 0 radical (unpaired) electrons. The van der Waals surface area contributed by atoms with E-state index in [1.165, 1.54) is 4.90 Å². The van der Waals surface area contributed by atoms with Gasteiger partial charge in [-0.1, -0.05) is 54.6 Å². The van der Waals surface area contributed by atoms with Gasteiger partial charge in [0.15, 0.2) is 0 Å². The molecule has 2 fully saturated rings. The van der Waals surface area contributed by atoms with Gasteiger partial charge in [-0.05, 0) is 39.7 Å². The van der Waals surface area contributed by atoms with Gasteiger partial charge in [-0.3, -0.25) is 14.4 Å². The molecule has 1 unspecified atom stereocenters. The van der Waals surface area contributed by atoms with E-state index < -0.39 is 40.7 Å². The molecule has 0 aliphatic carbocycles. The summed E-state index contributed by atoms with van der Waals surface area (Å²) in [4.78, 5) is 47.4. The van der Waals surface area contributed by atoms with E-state index in [1.54, 1.807) is 16.8 Å². The SMILES string of the molecule is CN1CC=C[C@@]2(C)O[C@]34C=CCN(C(C)(C)C)C(=O)C3N([C@@H](CO)Cc3ccccc3)C(=O)[C@@H]4[C@H]2C1=O. The topological polar surface area (TPSA) is 90.4 Å². The fourth-order valence-corrected chi connectivity index (χ4v) is 6.72. The van der Waals surface area contributed by atoms with Crippen molar-refractivity contribution in [2.24, 2.45) is 11.8 Å². The number of likely N-dealkylation sites (tertiary alicyclic amines) is 1. The standard InChI is InChI=1S/C29H37N3O5/c1-27(2,3)31-16-10-14-29-22(21-24(34)30(5)15-9-13-28(21,4)37-29)25(35)32(23(29)26(31)36)20(18-33)17-19-11-7-6-8-12-19/h6-14,20-23,33H,15-18H2,1-5H3/t20-,21+,22+,23?,28-,29+/m1/s1. The summed E-state index contributed by atoms with van der Waals surface area (Å²) in [7, 11) is 1.72. The van der Waals surface area contributed by atoms with Crippen molar-refractivity contribution in [2.45, 2.75) is 62.9 Å². The van der Waals surface area contributed by atoms with Crippen molar-refractivity contribution >= 4 is 17.7 Å². The Balaban J connectivity index is 1.67. The number of hydrogen-bond donors (Lipinski definition) is 1. The monoisotopic (exact) mass is 507 g/mol. The van der Waals surface area contributed by atoms with Gasteiger partial charge in [-0.25, -0.2) is 0 Å². The van der Waals surface area contributed by atoms with Crippen molar-refractivity contribution in [1.29, 1.82) is 0 Å². The maximum absolute atomic E-state index is 14.4. The number of aliphatic hydroxyl groups is 1. The molecule has 2 saturated heterocycles. The highest BCUT2D eigenvalue weighted by Crippen LogP contribution is 2.58. The number of rotatable bonds is 4. The van der Waals surface area contributed by atoms with Gasteiger partial charge in [-0.2, -0.15) is 0 Å². The first-order chi connectivity index (χ1) is 17.4. The minimum Gasteiger partial charge on any atom is -0.394 e. The highest BCUT2D eigenvalue weighted by atomic mass is 16.5. The number of fused-ring (bicyclic) bond motifs is 2. The molecular formula is C29H37N3O5. The third kappa shape index (κ3) is 3.84. The summed E-state index contributed by atoms with van der Waals surface area (Å²) in [5, 5.41) is 10.6. The van der Waals surface area contributed by atoms with Gasteiger partial charge < -0.3 is 24.5 Å². The molecule has 1 aromatic rings. The number of nitrogens with zero attached hydrogens (tertiary/aromatic N) is 3. The quantitative estimate of drug-likeness (QED) is 0.628. The normalized spacial score (nSPS) is 34.3. The van der Waals surface area contributed by atoms with Crippen LogP contribution in [0.4, 0.5) is 0 Å². The van der Waals surface area contributed by atoms with Crippen LogP contribution >= 0.6 is 0 Å². The van der Waals surface area contributed by atoms with Crippen LogP contribution in [0.15, 0.2) is 54.6 Å². The van der Waals surface area contributed by atoms with Crippen LogP contribution in [0.5, 0.6) is 0 Å². The first kappa shape index (κ1) is 25.7. The number of ether oxygens (including phenoxy) is 1. The zero-order chi connectivity index (χ0) is 26.8. The fraction of sp³-hybridized carbons (Fsp3) is 0.552. The van der Waals surface area contributed by atoms with Gasteiger partial charge in [0.1, 0.15) is 11.6 Å². The second kappa shape index (κ2) is 8.81. The fourth-order valence-electron chi connectivity index (χ4n) is 6.72. The second-order valence-corrected chi connectivity index (χ2v) is 11.9. The Hall–Kier alpha value is -2.97. The van der Waals surface area contributed by atoms with Gasteiger partial charge in [-0.15, -0.1) is 0 Å². The molecule has 4 aliphatic heterocycles. The molecule has 1 spiro atoms. The van der Waals surface area contributed by atoms with Crippen LogP contribution in [-0.2, 0) is 25.5 Å². The molecule has 3 amide bonds. The van der Waals surface area contributed by atoms with E-state index in [-0.39, 0.29) is 24.3 Å².